The standard InChI is InChI=1S/C22H23NO3S/c1-16-10-20(14-23(3)17(16)2)19-11-21(13-22(12-19)27(4,24)25)26-15-18-8-6-5-7-9-18/h5-14H,2,15H2,1,3-4H3. The Bertz CT molecular complexity index is 1030. The average molecular weight is 381 g/mol. The third kappa shape index (κ3) is 4.49. The van der Waals surface area contributed by atoms with E-state index in [2.05, 4.69) is 6.58 Å². The van der Waals surface area contributed by atoms with Gasteiger partial charge in [0.1, 0.15) is 12.4 Å². The van der Waals surface area contributed by atoms with Gasteiger partial charge in [0.15, 0.2) is 9.84 Å². The van der Waals surface area contributed by atoms with Gasteiger partial charge >= 0.3 is 0 Å². The molecule has 5 heteroatoms. The van der Waals surface area contributed by atoms with Gasteiger partial charge in [0.2, 0.25) is 0 Å². The van der Waals surface area contributed by atoms with Crippen LogP contribution in [0, 0.1) is 0 Å². The SMILES string of the molecule is C=C1C(C)=CC(c2cc(OCc3ccccc3)cc(S(C)(=O)=O)c2)=CN1C. The molecule has 0 atom stereocenters. The number of hydrogen-bond donors (Lipinski definition) is 0. The summed E-state index contributed by atoms with van der Waals surface area (Å²) in [6.07, 6.45) is 5.15. The number of hydrogen-bond acceptors (Lipinski definition) is 4. The molecule has 0 spiro atoms. The Labute approximate surface area is 161 Å². The van der Waals surface area contributed by atoms with Crippen molar-refractivity contribution in [3.8, 4) is 5.75 Å². The molecule has 0 aromatic heterocycles. The molecular formula is C22H23NO3S. The summed E-state index contributed by atoms with van der Waals surface area (Å²) in [7, 11) is -1.44. The highest BCUT2D eigenvalue weighted by molar-refractivity contribution is 7.90. The van der Waals surface area contributed by atoms with E-state index in [0.717, 1.165) is 28.0 Å². The molecule has 0 fully saturated rings. The van der Waals surface area contributed by atoms with E-state index in [1.54, 1.807) is 12.1 Å². The van der Waals surface area contributed by atoms with E-state index in [1.165, 1.54) is 6.26 Å². The van der Waals surface area contributed by atoms with Crippen LogP contribution in [-0.2, 0) is 16.4 Å². The van der Waals surface area contributed by atoms with Crippen LogP contribution >= 0.6 is 0 Å². The van der Waals surface area contributed by atoms with Gasteiger partial charge < -0.3 is 9.64 Å². The van der Waals surface area contributed by atoms with Gasteiger partial charge in [-0.15, -0.1) is 0 Å². The van der Waals surface area contributed by atoms with Gasteiger partial charge in [-0.1, -0.05) is 36.9 Å². The summed E-state index contributed by atoms with van der Waals surface area (Å²) >= 11 is 0. The lowest BCUT2D eigenvalue weighted by Gasteiger charge is -2.24. The van der Waals surface area contributed by atoms with Gasteiger partial charge in [-0.2, -0.15) is 0 Å². The molecule has 2 aromatic rings. The molecule has 0 radical (unpaired) electrons. The summed E-state index contributed by atoms with van der Waals surface area (Å²) in [6.45, 7) is 6.39. The lowest BCUT2D eigenvalue weighted by atomic mass is 10.00. The Morgan fingerprint density at radius 3 is 2.44 bits per heavy atom. The molecule has 1 heterocycles. The van der Waals surface area contributed by atoms with Crippen LogP contribution in [0.3, 0.4) is 0 Å². The minimum absolute atomic E-state index is 0.238. The van der Waals surface area contributed by atoms with Crippen LogP contribution in [0.4, 0.5) is 0 Å². The fraction of sp³-hybridized carbons (Fsp3) is 0.182. The molecular weight excluding hydrogens is 358 g/mol. The summed E-state index contributed by atoms with van der Waals surface area (Å²) in [5.74, 6) is 0.524. The predicted molar refractivity (Wildman–Crippen MR) is 109 cm³/mol. The molecule has 0 bridgehead atoms. The van der Waals surface area contributed by atoms with Crippen molar-refractivity contribution in [2.24, 2.45) is 0 Å². The first-order valence-corrected chi connectivity index (χ1v) is 10.5. The van der Waals surface area contributed by atoms with Crippen molar-refractivity contribution in [1.82, 2.24) is 4.90 Å². The number of ether oxygens (including phenoxy) is 1. The topological polar surface area (TPSA) is 46.6 Å². The van der Waals surface area contributed by atoms with E-state index in [0.29, 0.717) is 12.4 Å². The van der Waals surface area contributed by atoms with E-state index in [9.17, 15) is 8.42 Å². The molecule has 0 saturated heterocycles. The number of nitrogens with zero attached hydrogens (tertiary/aromatic N) is 1. The zero-order chi connectivity index (χ0) is 19.6. The van der Waals surface area contributed by atoms with Crippen LogP contribution in [0.15, 0.2) is 83.6 Å². The number of allylic oxidation sites excluding steroid dienone is 3. The van der Waals surface area contributed by atoms with Crippen LogP contribution in [0.1, 0.15) is 18.1 Å². The Kier molecular flexibility index (Phi) is 5.24. The fourth-order valence-corrected chi connectivity index (χ4v) is 3.52. The first-order valence-electron chi connectivity index (χ1n) is 8.58. The normalized spacial score (nSPS) is 14.6. The van der Waals surface area contributed by atoms with Gasteiger partial charge in [0, 0.05) is 25.2 Å². The maximum atomic E-state index is 12.2. The highest BCUT2D eigenvalue weighted by Crippen LogP contribution is 2.31. The highest BCUT2D eigenvalue weighted by atomic mass is 32.2. The van der Waals surface area contributed by atoms with Gasteiger partial charge in [-0.05, 0) is 53.5 Å². The lowest BCUT2D eigenvalue weighted by molar-refractivity contribution is 0.305. The largest absolute Gasteiger partial charge is 0.489 e. The van der Waals surface area contributed by atoms with Crippen LogP contribution < -0.4 is 4.74 Å². The minimum Gasteiger partial charge on any atom is -0.489 e. The molecule has 140 valence electrons. The summed E-state index contributed by atoms with van der Waals surface area (Å²) in [6, 6.07) is 14.9. The van der Waals surface area contributed by atoms with Crippen molar-refractivity contribution in [2.75, 3.05) is 13.3 Å². The molecule has 1 aliphatic rings. The zero-order valence-corrected chi connectivity index (χ0v) is 16.6. The Morgan fingerprint density at radius 1 is 1.11 bits per heavy atom. The number of likely N-dealkylation sites (N-methyl/N-ethyl adjacent to an activating group) is 1. The molecule has 3 rings (SSSR count). The minimum atomic E-state index is -3.37. The van der Waals surface area contributed by atoms with Crippen molar-refractivity contribution in [1.29, 1.82) is 0 Å². The number of benzene rings is 2. The lowest BCUT2D eigenvalue weighted by Crippen LogP contribution is -2.14. The summed E-state index contributed by atoms with van der Waals surface area (Å²) in [4.78, 5) is 2.17. The first-order chi connectivity index (χ1) is 12.7. The average Bonchev–Trinajstić information content (AvgIpc) is 2.64. The van der Waals surface area contributed by atoms with Crippen molar-refractivity contribution in [2.45, 2.75) is 18.4 Å². The summed E-state index contributed by atoms with van der Waals surface area (Å²) in [5.41, 5.74) is 4.68. The molecule has 0 N–H and O–H groups in total. The molecule has 4 nitrogen and oxygen atoms in total. The maximum Gasteiger partial charge on any atom is 0.175 e. The maximum absolute atomic E-state index is 12.2. The second-order valence-corrected chi connectivity index (χ2v) is 8.72. The van der Waals surface area contributed by atoms with Crippen molar-refractivity contribution >= 4 is 15.4 Å². The Morgan fingerprint density at radius 2 is 1.81 bits per heavy atom. The third-order valence-corrected chi connectivity index (χ3v) is 5.57. The third-order valence-electron chi connectivity index (χ3n) is 4.48. The monoisotopic (exact) mass is 381 g/mol. The second kappa shape index (κ2) is 7.45. The van der Waals surface area contributed by atoms with Gasteiger partial charge in [0.25, 0.3) is 0 Å². The second-order valence-electron chi connectivity index (χ2n) is 6.71. The van der Waals surface area contributed by atoms with Gasteiger partial charge in [0.05, 0.1) is 4.90 Å². The van der Waals surface area contributed by atoms with Crippen molar-refractivity contribution in [3.05, 3.63) is 89.8 Å². The van der Waals surface area contributed by atoms with E-state index < -0.39 is 9.84 Å². The molecule has 27 heavy (non-hydrogen) atoms. The van der Waals surface area contributed by atoms with Crippen molar-refractivity contribution in [3.63, 3.8) is 0 Å². The Hall–Kier alpha value is -2.79. The molecule has 2 aromatic carbocycles. The molecule has 0 saturated carbocycles. The van der Waals surface area contributed by atoms with Gasteiger partial charge in [-0.3, -0.25) is 0 Å². The summed E-state index contributed by atoms with van der Waals surface area (Å²) in [5, 5.41) is 0. The molecule has 1 aliphatic heterocycles. The molecule has 0 amide bonds. The first kappa shape index (κ1) is 19.0. The highest BCUT2D eigenvalue weighted by Gasteiger charge is 2.16. The van der Waals surface area contributed by atoms with E-state index in [-0.39, 0.29) is 4.90 Å². The smallest absolute Gasteiger partial charge is 0.175 e. The summed E-state index contributed by atoms with van der Waals surface area (Å²) < 4.78 is 30.2. The van der Waals surface area contributed by atoms with E-state index >= 15 is 0 Å². The number of sulfone groups is 1. The number of rotatable bonds is 5. The molecule has 0 aliphatic carbocycles. The van der Waals surface area contributed by atoms with E-state index in [4.69, 9.17) is 4.74 Å². The zero-order valence-electron chi connectivity index (χ0n) is 15.8. The van der Waals surface area contributed by atoms with E-state index in [1.807, 2.05) is 67.5 Å². The fourth-order valence-electron chi connectivity index (χ4n) is 2.85. The predicted octanol–water partition coefficient (Wildman–Crippen LogP) is 4.42. The Balaban J connectivity index is 1.99. The quantitative estimate of drug-likeness (QED) is 0.769. The van der Waals surface area contributed by atoms with Gasteiger partial charge in [-0.25, -0.2) is 8.42 Å². The van der Waals surface area contributed by atoms with Crippen LogP contribution in [0.25, 0.3) is 5.57 Å². The van der Waals surface area contributed by atoms with Crippen LogP contribution in [0.5, 0.6) is 5.75 Å². The molecule has 0 unspecified atom stereocenters. The van der Waals surface area contributed by atoms with Crippen LogP contribution in [-0.4, -0.2) is 26.6 Å². The van der Waals surface area contributed by atoms with Crippen LogP contribution in [0.2, 0.25) is 0 Å². The van der Waals surface area contributed by atoms with Crippen molar-refractivity contribution < 1.29 is 13.2 Å².